The van der Waals surface area contributed by atoms with Crippen molar-refractivity contribution in [2.75, 3.05) is 11.9 Å². The second-order valence-electron chi connectivity index (χ2n) is 5.40. The zero-order valence-electron chi connectivity index (χ0n) is 13.7. The van der Waals surface area contributed by atoms with Gasteiger partial charge in [-0.25, -0.2) is 4.99 Å². The minimum atomic E-state index is 0.893. The Hall–Kier alpha value is -2.52. The van der Waals surface area contributed by atoms with Gasteiger partial charge in [0.2, 0.25) is 0 Å². The molecule has 0 radical (unpaired) electrons. The third-order valence-electron chi connectivity index (χ3n) is 3.62. The Labute approximate surface area is 147 Å². The van der Waals surface area contributed by atoms with E-state index in [1.54, 1.807) is 11.8 Å². The third kappa shape index (κ3) is 4.49. The summed E-state index contributed by atoms with van der Waals surface area (Å²) >= 11 is 1.75. The molecule has 0 bridgehead atoms. The van der Waals surface area contributed by atoms with E-state index in [0.29, 0.717) is 0 Å². The molecule has 2 nitrogen and oxygen atoms in total. The smallest absolute Gasteiger partial charge is 0.168 e. The van der Waals surface area contributed by atoms with Gasteiger partial charge < -0.3 is 4.90 Å². The Morgan fingerprint density at radius 3 is 1.96 bits per heavy atom. The van der Waals surface area contributed by atoms with Crippen LogP contribution in [0.4, 0.5) is 11.4 Å². The summed E-state index contributed by atoms with van der Waals surface area (Å²) in [6.07, 6.45) is 0. The molecule has 0 amide bonds. The maximum Gasteiger partial charge on any atom is 0.168 e. The van der Waals surface area contributed by atoms with Crippen LogP contribution in [-0.4, -0.2) is 12.2 Å². The average molecular weight is 332 g/mol. The number of aliphatic imine (C=N–C) groups is 1. The molecule has 3 rings (SSSR count). The van der Waals surface area contributed by atoms with Crippen LogP contribution in [0.3, 0.4) is 0 Å². The molecule has 0 atom stereocenters. The maximum atomic E-state index is 4.86. The Bertz CT molecular complexity index is 771. The predicted molar refractivity (Wildman–Crippen MR) is 106 cm³/mol. The molecule has 0 N–H and O–H groups in total. The topological polar surface area (TPSA) is 15.6 Å². The highest BCUT2D eigenvalue weighted by molar-refractivity contribution is 8.13. The van der Waals surface area contributed by atoms with Gasteiger partial charge in [0, 0.05) is 18.5 Å². The van der Waals surface area contributed by atoms with Crippen LogP contribution in [0.5, 0.6) is 0 Å². The number of thioether (sulfide) groups is 1. The van der Waals surface area contributed by atoms with Gasteiger partial charge >= 0.3 is 0 Å². The minimum absolute atomic E-state index is 0.893. The molecule has 0 fully saturated rings. The first-order valence-electron chi connectivity index (χ1n) is 7.92. The summed E-state index contributed by atoms with van der Waals surface area (Å²) in [5.74, 6) is 0.893. The van der Waals surface area contributed by atoms with E-state index in [-0.39, 0.29) is 0 Å². The molecule has 0 saturated carbocycles. The van der Waals surface area contributed by atoms with Crippen LogP contribution >= 0.6 is 11.8 Å². The number of amidine groups is 1. The van der Waals surface area contributed by atoms with Gasteiger partial charge in [0.25, 0.3) is 0 Å². The quantitative estimate of drug-likeness (QED) is 0.447. The molecule has 120 valence electrons. The SMILES string of the molecule is CN(C(=Nc1ccccc1)SCc1ccccc1)c1ccccc1. The lowest BCUT2D eigenvalue weighted by Crippen LogP contribution is -2.23. The summed E-state index contributed by atoms with van der Waals surface area (Å²) < 4.78 is 0. The second-order valence-corrected chi connectivity index (χ2v) is 6.34. The minimum Gasteiger partial charge on any atom is -0.324 e. The number of hydrogen-bond donors (Lipinski definition) is 0. The first-order valence-corrected chi connectivity index (χ1v) is 8.91. The Morgan fingerprint density at radius 1 is 0.792 bits per heavy atom. The van der Waals surface area contributed by atoms with Crippen molar-refractivity contribution in [3.63, 3.8) is 0 Å². The van der Waals surface area contributed by atoms with Gasteiger partial charge in [0.05, 0.1) is 5.69 Å². The monoisotopic (exact) mass is 332 g/mol. The van der Waals surface area contributed by atoms with Crippen LogP contribution < -0.4 is 4.90 Å². The van der Waals surface area contributed by atoms with Crippen LogP contribution in [0.2, 0.25) is 0 Å². The molecular formula is C21H20N2S. The van der Waals surface area contributed by atoms with Gasteiger partial charge in [-0.1, -0.05) is 78.5 Å². The normalized spacial score (nSPS) is 11.3. The van der Waals surface area contributed by atoms with E-state index in [1.165, 1.54) is 5.56 Å². The van der Waals surface area contributed by atoms with Crippen molar-refractivity contribution in [3.8, 4) is 0 Å². The van der Waals surface area contributed by atoms with Gasteiger partial charge in [-0.05, 0) is 29.8 Å². The van der Waals surface area contributed by atoms with E-state index >= 15 is 0 Å². The number of rotatable bonds is 4. The number of para-hydroxylation sites is 2. The molecule has 3 aromatic rings. The molecule has 0 heterocycles. The highest BCUT2D eigenvalue weighted by Gasteiger charge is 2.10. The van der Waals surface area contributed by atoms with Crippen molar-refractivity contribution >= 4 is 28.3 Å². The summed E-state index contributed by atoms with van der Waals surface area (Å²) in [6.45, 7) is 0. The number of benzene rings is 3. The standard InChI is InChI=1S/C21H20N2S/c1-23(20-15-9-4-10-16-20)21(22-19-13-7-3-8-14-19)24-17-18-11-5-2-6-12-18/h2-16H,17H2,1H3. The fourth-order valence-corrected chi connectivity index (χ4v) is 3.26. The average Bonchev–Trinajstić information content (AvgIpc) is 2.67. The molecule has 0 spiro atoms. The zero-order chi connectivity index (χ0) is 16.6. The van der Waals surface area contributed by atoms with Crippen LogP contribution in [0, 0.1) is 0 Å². The number of anilines is 1. The molecule has 0 aliphatic heterocycles. The number of nitrogens with zero attached hydrogens (tertiary/aromatic N) is 2. The second kappa shape index (κ2) is 8.37. The highest BCUT2D eigenvalue weighted by atomic mass is 32.2. The lowest BCUT2D eigenvalue weighted by atomic mass is 10.2. The molecular weight excluding hydrogens is 312 g/mol. The van der Waals surface area contributed by atoms with E-state index in [4.69, 9.17) is 4.99 Å². The van der Waals surface area contributed by atoms with E-state index in [2.05, 4.69) is 48.3 Å². The van der Waals surface area contributed by atoms with Crippen LogP contribution in [0.15, 0.2) is 96.0 Å². The molecule has 0 aliphatic carbocycles. The van der Waals surface area contributed by atoms with Crippen LogP contribution in [0.25, 0.3) is 0 Å². The zero-order valence-corrected chi connectivity index (χ0v) is 14.5. The van der Waals surface area contributed by atoms with Gasteiger partial charge in [-0.2, -0.15) is 0 Å². The van der Waals surface area contributed by atoms with Crippen molar-refractivity contribution < 1.29 is 0 Å². The molecule has 0 aromatic heterocycles. The molecule has 0 saturated heterocycles. The van der Waals surface area contributed by atoms with Crippen LogP contribution in [0.1, 0.15) is 5.56 Å². The molecule has 0 aliphatic rings. The Morgan fingerprint density at radius 2 is 1.33 bits per heavy atom. The summed E-state index contributed by atoms with van der Waals surface area (Å²) in [5, 5.41) is 0.983. The number of hydrogen-bond acceptors (Lipinski definition) is 2. The van der Waals surface area contributed by atoms with E-state index in [9.17, 15) is 0 Å². The summed E-state index contributed by atoms with van der Waals surface area (Å²) in [7, 11) is 2.06. The summed E-state index contributed by atoms with van der Waals surface area (Å²) in [4.78, 5) is 6.99. The summed E-state index contributed by atoms with van der Waals surface area (Å²) in [6, 6.07) is 30.9. The summed E-state index contributed by atoms with van der Waals surface area (Å²) in [5.41, 5.74) is 3.40. The Kier molecular flexibility index (Phi) is 5.70. The molecule has 24 heavy (non-hydrogen) atoms. The predicted octanol–water partition coefficient (Wildman–Crippen LogP) is 5.74. The lowest BCUT2D eigenvalue weighted by molar-refractivity contribution is 1.27. The lowest BCUT2D eigenvalue weighted by Gasteiger charge is -2.21. The van der Waals surface area contributed by atoms with Crippen molar-refractivity contribution in [1.29, 1.82) is 0 Å². The first-order chi connectivity index (χ1) is 11.8. The molecule has 3 heteroatoms. The molecule has 3 aromatic carbocycles. The maximum absolute atomic E-state index is 4.86. The van der Waals surface area contributed by atoms with Crippen molar-refractivity contribution in [2.45, 2.75) is 5.75 Å². The van der Waals surface area contributed by atoms with Gasteiger partial charge in [-0.15, -0.1) is 0 Å². The van der Waals surface area contributed by atoms with Crippen molar-refractivity contribution in [1.82, 2.24) is 0 Å². The van der Waals surface area contributed by atoms with Crippen LogP contribution in [-0.2, 0) is 5.75 Å². The van der Waals surface area contributed by atoms with E-state index in [0.717, 1.165) is 22.3 Å². The van der Waals surface area contributed by atoms with Crippen molar-refractivity contribution in [3.05, 3.63) is 96.6 Å². The highest BCUT2D eigenvalue weighted by Crippen LogP contribution is 2.24. The fraction of sp³-hybridized carbons (Fsp3) is 0.0952. The largest absolute Gasteiger partial charge is 0.324 e. The fourth-order valence-electron chi connectivity index (χ4n) is 2.30. The van der Waals surface area contributed by atoms with E-state index < -0.39 is 0 Å². The molecule has 0 unspecified atom stereocenters. The van der Waals surface area contributed by atoms with Gasteiger partial charge in [0.1, 0.15) is 0 Å². The third-order valence-corrected chi connectivity index (χ3v) is 4.72. The van der Waals surface area contributed by atoms with Crippen molar-refractivity contribution in [2.24, 2.45) is 4.99 Å². The first kappa shape index (κ1) is 16.3. The van der Waals surface area contributed by atoms with Gasteiger partial charge in [-0.3, -0.25) is 0 Å². The van der Waals surface area contributed by atoms with E-state index in [1.807, 2.05) is 54.6 Å². The van der Waals surface area contributed by atoms with Gasteiger partial charge in [0.15, 0.2) is 5.17 Å². The Balaban J connectivity index is 1.84.